The molecular weight excluding hydrogens is 486 g/mol. The first-order valence-electron chi connectivity index (χ1n) is 14.5. The van der Waals surface area contributed by atoms with E-state index in [0.29, 0.717) is 24.4 Å². The number of hydrogen-bond donors (Lipinski definition) is 0. The maximum absolute atomic E-state index is 14.0. The molecule has 0 radical (unpaired) electrons. The van der Waals surface area contributed by atoms with Crippen LogP contribution in [0.25, 0.3) is 0 Å². The topological polar surface area (TPSA) is 54.8 Å². The molecule has 0 unspecified atom stereocenters. The largest absolute Gasteiger partial charge is 0.497 e. The lowest BCUT2D eigenvalue weighted by Gasteiger charge is -2.36. The van der Waals surface area contributed by atoms with E-state index in [2.05, 4.69) is 59.0 Å². The third-order valence-corrected chi connectivity index (χ3v) is 7.77. The predicted octanol–water partition coefficient (Wildman–Crippen LogP) is 6.54. The summed E-state index contributed by atoms with van der Waals surface area (Å²) in [6.07, 6.45) is 10.6. The Morgan fingerprint density at radius 1 is 0.923 bits per heavy atom. The van der Waals surface area contributed by atoms with Crippen molar-refractivity contribution in [1.29, 1.82) is 0 Å². The van der Waals surface area contributed by atoms with Crippen LogP contribution in [0.2, 0.25) is 0 Å². The number of rotatable bonds is 13. The Balaban J connectivity index is 1.53. The van der Waals surface area contributed by atoms with Crippen molar-refractivity contribution < 1.29 is 14.3 Å². The molecule has 0 N–H and O–H groups in total. The number of methoxy groups -OCH3 is 1. The van der Waals surface area contributed by atoms with Gasteiger partial charge in [-0.2, -0.15) is 0 Å². The van der Waals surface area contributed by atoms with Gasteiger partial charge in [0, 0.05) is 36.6 Å². The second kappa shape index (κ2) is 14.6. The van der Waals surface area contributed by atoms with Gasteiger partial charge >= 0.3 is 0 Å². The van der Waals surface area contributed by atoms with Gasteiger partial charge in [-0.05, 0) is 61.2 Å². The van der Waals surface area contributed by atoms with Crippen LogP contribution in [0.3, 0.4) is 0 Å². The SMILES string of the molecule is CCCCCN(CC(=O)N(Cc1cccn1Cc1ccccc1)C1CCCCC1)C(=O)c1ccc(OC)cc1. The van der Waals surface area contributed by atoms with Crippen molar-refractivity contribution in [3.63, 3.8) is 0 Å². The maximum Gasteiger partial charge on any atom is 0.254 e. The van der Waals surface area contributed by atoms with Crippen LogP contribution in [0.4, 0.5) is 0 Å². The molecule has 0 atom stereocenters. The monoisotopic (exact) mass is 529 g/mol. The molecular formula is C33H43N3O3. The van der Waals surface area contributed by atoms with Crippen molar-refractivity contribution in [2.75, 3.05) is 20.2 Å². The highest BCUT2D eigenvalue weighted by atomic mass is 16.5. The molecule has 3 aromatic rings. The number of carbonyl (C=O) groups excluding carboxylic acids is 2. The van der Waals surface area contributed by atoms with Crippen molar-refractivity contribution in [1.82, 2.24) is 14.4 Å². The number of amides is 2. The molecule has 1 aliphatic carbocycles. The second-order valence-electron chi connectivity index (χ2n) is 10.6. The maximum atomic E-state index is 14.0. The third kappa shape index (κ3) is 7.98. The minimum Gasteiger partial charge on any atom is -0.497 e. The Labute approximate surface area is 233 Å². The van der Waals surface area contributed by atoms with E-state index in [-0.39, 0.29) is 24.4 Å². The van der Waals surface area contributed by atoms with Gasteiger partial charge in [0.15, 0.2) is 0 Å². The highest BCUT2D eigenvalue weighted by Crippen LogP contribution is 2.25. The summed E-state index contributed by atoms with van der Waals surface area (Å²) in [5, 5.41) is 0. The van der Waals surface area contributed by atoms with Gasteiger partial charge in [-0.15, -0.1) is 0 Å². The van der Waals surface area contributed by atoms with Crippen LogP contribution in [0.15, 0.2) is 72.9 Å². The Bertz CT molecular complexity index is 1170. The molecule has 4 rings (SSSR count). The lowest BCUT2D eigenvalue weighted by Crippen LogP contribution is -2.47. The van der Waals surface area contributed by atoms with E-state index in [1.54, 1.807) is 36.3 Å². The van der Waals surface area contributed by atoms with Gasteiger partial charge in [0.2, 0.25) is 5.91 Å². The van der Waals surface area contributed by atoms with Gasteiger partial charge in [0.25, 0.3) is 5.91 Å². The van der Waals surface area contributed by atoms with Crippen LogP contribution >= 0.6 is 0 Å². The first kappa shape index (κ1) is 28.5. The Hall–Kier alpha value is -3.54. The predicted molar refractivity (Wildman–Crippen MR) is 156 cm³/mol. The van der Waals surface area contributed by atoms with Crippen LogP contribution in [-0.4, -0.2) is 52.4 Å². The molecule has 1 saturated carbocycles. The van der Waals surface area contributed by atoms with E-state index < -0.39 is 0 Å². The Morgan fingerprint density at radius 3 is 2.36 bits per heavy atom. The standard InChI is InChI=1S/C33H43N3O3/c1-3-4-11-22-35(33(38)28-18-20-31(39-2)21-19-28)26-32(37)36(29-15-9-6-10-16-29)25-30-17-12-23-34(30)24-27-13-7-5-8-14-27/h5,7-8,12-14,17-21,23,29H,3-4,6,9-11,15-16,22,24-26H2,1-2H3. The summed E-state index contributed by atoms with van der Waals surface area (Å²) in [4.78, 5) is 31.4. The summed E-state index contributed by atoms with van der Waals surface area (Å²) in [7, 11) is 1.61. The number of nitrogens with zero attached hydrogens (tertiary/aromatic N) is 3. The molecule has 0 spiro atoms. The zero-order valence-electron chi connectivity index (χ0n) is 23.6. The average molecular weight is 530 g/mol. The van der Waals surface area contributed by atoms with Crippen LogP contribution in [0.5, 0.6) is 5.75 Å². The summed E-state index contributed by atoms with van der Waals surface area (Å²) in [6.45, 7) is 4.16. The highest BCUT2D eigenvalue weighted by Gasteiger charge is 2.29. The minimum absolute atomic E-state index is 0.0349. The summed E-state index contributed by atoms with van der Waals surface area (Å²) < 4.78 is 7.50. The molecule has 2 amide bonds. The van der Waals surface area contributed by atoms with Gasteiger partial charge in [-0.1, -0.05) is 69.4 Å². The normalized spacial score (nSPS) is 13.7. The molecule has 0 saturated heterocycles. The molecule has 0 bridgehead atoms. The van der Waals surface area contributed by atoms with Crippen molar-refractivity contribution in [2.24, 2.45) is 0 Å². The quantitative estimate of drug-likeness (QED) is 0.236. The van der Waals surface area contributed by atoms with Crippen molar-refractivity contribution in [3.05, 3.63) is 89.7 Å². The Morgan fingerprint density at radius 2 is 1.67 bits per heavy atom. The molecule has 1 heterocycles. The fourth-order valence-electron chi connectivity index (χ4n) is 5.49. The molecule has 208 valence electrons. The molecule has 39 heavy (non-hydrogen) atoms. The molecule has 0 aliphatic heterocycles. The van der Waals surface area contributed by atoms with E-state index >= 15 is 0 Å². The first-order valence-corrected chi connectivity index (χ1v) is 14.5. The van der Waals surface area contributed by atoms with Gasteiger partial charge in [0.05, 0.1) is 13.7 Å². The van der Waals surface area contributed by atoms with Crippen LogP contribution < -0.4 is 4.74 Å². The number of hydrogen-bond acceptors (Lipinski definition) is 3. The number of carbonyl (C=O) groups is 2. The van der Waals surface area contributed by atoms with E-state index in [4.69, 9.17) is 4.74 Å². The van der Waals surface area contributed by atoms with Gasteiger partial charge in [-0.3, -0.25) is 9.59 Å². The first-order chi connectivity index (χ1) is 19.1. The average Bonchev–Trinajstić information content (AvgIpc) is 3.42. The number of ether oxygens (including phenoxy) is 1. The van der Waals surface area contributed by atoms with Crippen LogP contribution in [0, 0.1) is 0 Å². The molecule has 6 heteroatoms. The summed E-state index contributed by atoms with van der Waals surface area (Å²) >= 11 is 0. The lowest BCUT2D eigenvalue weighted by atomic mass is 9.94. The van der Waals surface area contributed by atoms with Gasteiger partial charge in [-0.25, -0.2) is 0 Å². The smallest absolute Gasteiger partial charge is 0.254 e. The van der Waals surface area contributed by atoms with Crippen molar-refractivity contribution in [3.8, 4) is 5.75 Å². The van der Waals surface area contributed by atoms with E-state index in [1.807, 2.05) is 6.07 Å². The number of benzene rings is 2. The molecule has 1 fully saturated rings. The van der Waals surface area contributed by atoms with E-state index in [9.17, 15) is 9.59 Å². The highest BCUT2D eigenvalue weighted by molar-refractivity contribution is 5.96. The zero-order valence-corrected chi connectivity index (χ0v) is 23.6. The number of aromatic nitrogens is 1. The third-order valence-electron chi connectivity index (χ3n) is 7.77. The van der Waals surface area contributed by atoms with Crippen molar-refractivity contribution >= 4 is 11.8 Å². The summed E-state index contributed by atoms with van der Waals surface area (Å²) in [5.41, 5.74) is 2.94. The molecule has 1 aromatic heterocycles. The minimum atomic E-state index is -0.0989. The van der Waals surface area contributed by atoms with Crippen LogP contribution in [-0.2, 0) is 17.9 Å². The molecule has 1 aliphatic rings. The van der Waals surface area contributed by atoms with E-state index in [1.165, 1.54) is 12.0 Å². The van der Waals surface area contributed by atoms with E-state index in [0.717, 1.165) is 57.2 Å². The van der Waals surface area contributed by atoms with Crippen LogP contribution in [0.1, 0.15) is 79.9 Å². The zero-order chi connectivity index (χ0) is 27.5. The molecule has 6 nitrogen and oxygen atoms in total. The summed E-state index contributed by atoms with van der Waals surface area (Å²) in [6, 6.07) is 22.0. The summed E-state index contributed by atoms with van der Waals surface area (Å²) in [5.74, 6) is 0.646. The fraction of sp³-hybridized carbons (Fsp3) is 0.455. The molecule has 2 aromatic carbocycles. The van der Waals surface area contributed by atoms with Crippen molar-refractivity contribution in [2.45, 2.75) is 77.4 Å². The van der Waals surface area contributed by atoms with Gasteiger partial charge in [0.1, 0.15) is 12.3 Å². The fourth-order valence-corrected chi connectivity index (χ4v) is 5.49. The second-order valence-corrected chi connectivity index (χ2v) is 10.6. The Kier molecular flexibility index (Phi) is 10.6. The number of unbranched alkanes of at least 4 members (excludes halogenated alkanes) is 2. The lowest BCUT2D eigenvalue weighted by molar-refractivity contribution is -0.135. The van der Waals surface area contributed by atoms with Gasteiger partial charge < -0.3 is 19.1 Å².